The van der Waals surface area contributed by atoms with Crippen molar-refractivity contribution in [3.63, 3.8) is 0 Å². The molecule has 1 N–H and O–H groups in total. The minimum absolute atomic E-state index is 0.137. The van der Waals surface area contributed by atoms with Gasteiger partial charge in [-0.2, -0.15) is 0 Å². The Morgan fingerprint density at radius 3 is 2.79 bits per heavy atom. The summed E-state index contributed by atoms with van der Waals surface area (Å²) in [5.41, 5.74) is 3.01. The number of pyridine rings is 1. The van der Waals surface area contributed by atoms with Gasteiger partial charge in [0.05, 0.1) is 0 Å². The van der Waals surface area contributed by atoms with Crippen molar-refractivity contribution >= 4 is 17.8 Å². The molecule has 1 aromatic carbocycles. The Balaban J connectivity index is 2.42. The zero-order valence-corrected chi connectivity index (χ0v) is 13.9. The Bertz CT molecular complexity index is 748. The number of allylic oxidation sites excluding steroid dienone is 2. The van der Waals surface area contributed by atoms with Gasteiger partial charge >= 0.3 is 0 Å². The van der Waals surface area contributed by atoms with Crippen LogP contribution in [-0.4, -0.2) is 24.2 Å². The molecule has 6 heteroatoms. The fourth-order valence-electron chi connectivity index (χ4n) is 2.18. The van der Waals surface area contributed by atoms with E-state index in [0.29, 0.717) is 17.0 Å². The van der Waals surface area contributed by atoms with E-state index in [4.69, 9.17) is 21.7 Å². The van der Waals surface area contributed by atoms with E-state index in [2.05, 4.69) is 4.98 Å². The molecule has 1 aromatic heterocycles. The number of nitrogens with zero attached hydrogens (tertiary/aromatic N) is 1. The number of hydrogen-bond donors (Lipinski definition) is 1. The van der Waals surface area contributed by atoms with E-state index >= 15 is 0 Å². The largest absolute Gasteiger partial charge is 0.471 e. The lowest BCUT2D eigenvalue weighted by atomic mass is 10.0. The molecule has 0 atom stereocenters. The first-order valence-corrected chi connectivity index (χ1v) is 7.72. The van der Waals surface area contributed by atoms with Crippen molar-refractivity contribution in [1.82, 2.24) is 4.98 Å². The third-order valence-electron chi connectivity index (χ3n) is 3.35. The zero-order chi connectivity index (χ0) is 17.5. The molecule has 0 radical (unpaired) electrons. The Labute approximate surface area is 144 Å². The van der Waals surface area contributed by atoms with Crippen molar-refractivity contribution in [2.45, 2.75) is 19.8 Å². The first-order chi connectivity index (χ1) is 11.5. The summed E-state index contributed by atoms with van der Waals surface area (Å²) in [6, 6.07) is 8.87. The summed E-state index contributed by atoms with van der Waals surface area (Å²) in [6.07, 6.45) is 2.64. The van der Waals surface area contributed by atoms with E-state index in [1.54, 1.807) is 24.4 Å². The highest BCUT2D eigenvalue weighted by Crippen LogP contribution is 2.31. The summed E-state index contributed by atoms with van der Waals surface area (Å²) in [5.74, 6) is 0.137. The molecule has 0 unspecified atom stereocenters. The van der Waals surface area contributed by atoms with Gasteiger partial charge in [0.1, 0.15) is 0 Å². The summed E-state index contributed by atoms with van der Waals surface area (Å²) < 4.78 is 30.1. The Kier molecular flexibility index (Phi) is 6.44. The third-order valence-corrected chi connectivity index (χ3v) is 3.59. The number of hydrogen-bond acceptors (Lipinski definition) is 3. The van der Waals surface area contributed by atoms with E-state index in [-0.39, 0.29) is 5.88 Å². The summed E-state index contributed by atoms with van der Waals surface area (Å²) in [5, 5.41) is 7.90. The van der Waals surface area contributed by atoms with Gasteiger partial charge in [0.25, 0.3) is 6.43 Å². The van der Waals surface area contributed by atoms with Crippen LogP contribution in [0.5, 0.6) is 5.88 Å². The molecule has 0 aliphatic rings. The number of aromatic nitrogens is 1. The number of rotatable bonds is 7. The highest BCUT2D eigenvalue weighted by molar-refractivity contribution is 6.30. The first kappa shape index (κ1) is 18.1. The van der Waals surface area contributed by atoms with Gasteiger partial charge in [-0.05, 0) is 41.8 Å². The molecule has 2 aromatic rings. The number of halogens is 3. The zero-order valence-electron chi connectivity index (χ0n) is 13.1. The van der Waals surface area contributed by atoms with E-state index in [0.717, 1.165) is 16.7 Å². The first-order valence-electron chi connectivity index (χ1n) is 7.35. The molecule has 0 amide bonds. The molecule has 3 nitrogen and oxygen atoms in total. The number of nitrogens with one attached hydrogen (secondary N) is 1. The number of ether oxygens (including phenoxy) is 1. The van der Waals surface area contributed by atoms with E-state index in [1.165, 1.54) is 6.21 Å². The van der Waals surface area contributed by atoms with Gasteiger partial charge in [-0.25, -0.2) is 13.8 Å². The van der Waals surface area contributed by atoms with Crippen molar-refractivity contribution < 1.29 is 13.5 Å². The van der Waals surface area contributed by atoms with Crippen LogP contribution in [0.2, 0.25) is 5.02 Å². The van der Waals surface area contributed by atoms with Crippen LogP contribution in [0.15, 0.2) is 48.2 Å². The van der Waals surface area contributed by atoms with Crippen LogP contribution in [0.25, 0.3) is 11.1 Å². The molecule has 0 fully saturated rings. The van der Waals surface area contributed by atoms with Crippen molar-refractivity contribution in [1.29, 1.82) is 5.41 Å². The normalized spacial score (nSPS) is 11.6. The van der Waals surface area contributed by atoms with E-state index in [1.807, 2.05) is 25.1 Å². The maximum absolute atomic E-state index is 12.5. The molecule has 24 heavy (non-hydrogen) atoms. The maximum atomic E-state index is 12.5. The lowest BCUT2D eigenvalue weighted by Crippen LogP contribution is -2.09. The quantitative estimate of drug-likeness (QED) is 0.699. The molecule has 126 valence electrons. The van der Waals surface area contributed by atoms with Gasteiger partial charge in [-0.1, -0.05) is 29.8 Å². The highest BCUT2D eigenvalue weighted by atomic mass is 35.5. The van der Waals surface area contributed by atoms with Crippen LogP contribution in [0.3, 0.4) is 0 Å². The Morgan fingerprint density at radius 1 is 1.38 bits per heavy atom. The van der Waals surface area contributed by atoms with Crippen molar-refractivity contribution in [3.8, 4) is 17.0 Å². The molecule has 2 rings (SSSR count). The second-order valence-corrected chi connectivity index (χ2v) is 5.53. The summed E-state index contributed by atoms with van der Waals surface area (Å²) >= 11 is 6.02. The van der Waals surface area contributed by atoms with Crippen molar-refractivity contribution in [3.05, 3.63) is 58.8 Å². The molecular formula is C18H17ClF2N2O. The van der Waals surface area contributed by atoms with Crippen LogP contribution in [0.1, 0.15) is 12.5 Å². The second kappa shape index (κ2) is 8.55. The Morgan fingerprint density at radius 2 is 2.17 bits per heavy atom. The van der Waals surface area contributed by atoms with E-state index in [9.17, 15) is 8.78 Å². The number of alkyl halides is 2. The SMILES string of the molecule is C/C=C(\C=N)Cc1cnc(OCC(F)F)c(-c2cccc(Cl)c2)c1. The average Bonchev–Trinajstić information content (AvgIpc) is 2.58. The standard InChI is InChI=1S/C18H17ClF2N2O/c1-2-12(9-22)6-13-7-16(14-4-3-5-15(19)8-14)18(23-10-13)24-11-17(20)21/h2-5,7-10,17,22H,6,11H2,1H3/b12-2-,22-9?. The average molecular weight is 351 g/mol. The molecule has 1 heterocycles. The fourth-order valence-corrected chi connectivity index (χ4v) is 2.37. The monoisotopic (exact) mass is 350 g/mol. The van der Waals surface area contributed by atoms with Gasteiger partial charge in [-0.3, -0.25) is 0 Å². The van der Waals surface area contributed by atoms with Gasteiger partial charge in [0.15, 0.2) is 6.61 Å². The summed E-state index contributed by atoms with van der Waals surface area (Å²) in [7, 11) is 0. The van der Waals surface area contributed by atoms with Gasteiger partial charge in [0.2, 0.25) is 5.88 Å². The topological polar surface area (TPSA) is 46.0 Å². The summed E-state index contributed by atoms with van der Waals surface area (Å²) in [6.45, 7) is 1.13. The van der Waals surface area contributed by atoms with Gasteiger partial charge in [-0.15, -0.1) is 0 Å². The van der Waals surface area contributed by atoms with Gasteiger partial charge < -0.3 is 10.1 Å². The van der Waals surface area contributed by atoms with Crippen molar-refractivity contribution in [2.24, 2.45) is 0 Å². The van der Waals surface area contributed by atoms with Crippen LogP contribution in [0.4, 0.5) is 8.78 Å². The molecule has 0 aliphatic heterocycles. The predicted octanol–water partition coefficient (Wildman–Crippen LogP) is 5.18. The number of benzene rings is 1. The molecule has 0 spiro atoms. The Hall–Kier alpha value is -2.27. The minimum Gasteiger partial charge on any atom is -0.471 e. The maximum Gasteiger partial charge on any atom is 0.272 e. The second-order valence-electron chi connectivity index (χ2n) is 5.09. The molecule has 0 aliphatic carbocycles. The molecule has 0 saturated heterocycles. The smallest absolute Gasteiger partial charge is 0.272 e. The summed E-state index contributed by atoms with van der Waals surface area (Å²) in [4.78, 5) is 4.18. The van der Waals surface area contributed by atoms with Gasteiger partial charge in [0, 0.05) is 29.4 Å². The van der Waals surface area contributed by atoms with Crippen LogP contribution >= 0.6 is 11.6 Å². The highest BCUT2D eigenvalue weighted by Gasteiger charge is 2.13. The van der Waals surface area contributed by atoms with Crippen molar-refractivity contribution in [2.75, 3.05) is 6.61 Å². The minimum atomic E-state index is -2.58. The molecule has 0 saturated carbocycles. The molecule has 0 bridgehead atoms. The lowest BCUT2D eigenvalue weighted by Gasteiger charge is -2.12. The van der Waals surface area contributed by atoms with Crippen LogP contribution < -0.4 is 4.74 Å². The third kappa shape index (κ3) is 4.86. The predicted molar refractivity (Wildman–Crippen MR) is 92.4 cm³/mol. The molecular weight excluding hydrogens is 334 g/mol. The fraction of sp³-hybridized carbons (Fsp3) is 0.222. The lowest BCUT2D eigenvalue weighted by molar-refractivity contribution is 0.0799. The van der Waals surface area contributed by atoms with Crippen LogP contribution in [0, 0.1) is 5.41 Å². The van der Waals surface area contributed by atoms with E-state index < -0.39 is 13.0 Å². The van der Waals surface area contributed by atoms with Crippen LogP contribution in [-0.2, 0) is 6.42 Å².